The van der Waals surface area contributed by atoms with Crippen molar-refractivity contribution in [2.24, 2.45) is 0 Å². The second-order valence-electron chi connectivity index (χ2n) is 7.59. The van der Waals surface area contributed by atoms with Crippen molar-refractivity contribution < 1.29 is 9.59 Å². The SMILES string of the molecule is CC(=O)N1CCN(c2ccc(C(=O)Nc3ccc(N4CCCC4)cc3)cn2)CC1. The Bertz CT molecular complexity index is 852. The summed E-state index contributed by atoms with van der Waals surface area (Å²) in [6.45, 7) is 6.71. The van der Waals surface area contributed by atoms with E-state index in [0.29, 0.717) is 18.7 Å². The maximum Gasteiger partial charge on any atom is 0.257 e. The van der Waals surface area contributed by atoms with Crippen LogP contribution in [0.3, 0.4) is 0 Å². The van der Waals surface area contributed by atoms with E-state index >= 15 is 0 Å². The Morgan fingerprint density at radius 1 is 0.862 bits per heavy atom. The lowest BCUT2D eigenvalue weighted by molar-refractivity contribution is -0.129. The Morgan fingerprint density at radius 2 is 1.55 bits per heavy atom. The van der Waals surface area contributed by atoms with E-state index < -0.39 is 0 Å². The molecule has 0 atom stereocenters. The summed E-state index contributed by atoms with van der Waals surface area (Å²) in [5, 5.41) is 2.94. The molecule has 1 aromatic carbocycles. The normalized spacial score (nSPS) is 16.8. The monoisotopic (exact) mass is 393 g/mol. The summed E-state index contributed by atoms with van der Waals surface area (Å²) < 4.78 is 0. The van der Waals surface area contributed by atoms with Gasteiger partial charge in [0.15, 0.2) is 0 Å². The summed E-state index contributed by atoms with van der Waals surface area (Å²) in [6.07, 6.45) is 4.10. The summed E-state index contributed by atoms with van der Waals surface area (Å²) in [7, 11) is 0. The zero-order valence-corrected chi connectivity index (χ0v) is 16.8. The summed E-state index contributed by atoms with van der Waals surface area (Å²) in [5.74, 6) is 0.775. The summed E-state index contributed by atoms with van der Waals surface area (Å²) in [6, 6.07) is 11.7. The van der Waals surface area contributed by atoms with Gasteiger partial charge in [0, 0.05) is 63.8 Å². The van der Waals surface area contributed by atoms with Gasteiger partial charge in [-0.3, -0.25) is 9.59 Å². The molecule has 2 aromatic rings. The van der Waals surface area contributed by atoms with Gasteiger partial charge in [-0.2, -0.15) is 0 Å². The van der Waals surface area contributed by atoms with Gasteiger partial charge in [-0.1, -0.05) is 0 Å². The van der Waals surface area contributed by atoms with Crippen LogP contribution < -0.4 is 15.1 Å². The summed E-state index contributed by atoms with van der Waals surface area (Å²) in [4.78, 5) is 34.8. The standard InChI is InChI=1S/C22H27N5O2/c1-17(28)25-12-14-27(15-13-25)21-9-4-18(16-23-21)22(29)24-19-5-7-20(8-6-19)26-10-2-3-11-26/h4-9,16H,2-3,10-15H2,1H3,(H,24,29). The molecule has 1 N–H and O–H groups in total. The van der Waals surface area contributed by atoms with Gasteiger partial charge in [0.05, 0.1) is 5.56 Å². The highest BCUT2D eigenvalue weighted by Crippen LogP contribution is 2.22. The lowest BCUT2D eigenvalue weighted by Gasteiger charge is -2.34. The lowest BCUT2D eigenvalue weighted by atomic mass is 10.2. The molecule has 7 heteroatoms. The Kier molecular flexibility index (Phi) is 5.64. The number of carbonyl (C=O) groups excluding carboxylic acids is 2. The molecule has 0 unspecified atom stereocenters. The van der Waals surface area contributed by atoms with E-state index in [1.165, 1.54) is 18.5 Å². The van der Waals surface area contributed by atoms with Crippen molar-refractivity contribution in [2.45, 2.75) is 19.8 Å². The van der Waals surface area contributed by atoms with Gasteiger partial charge in [-0.05, 0) is 49.2 Å². The zero-order valence-electron chi connectivity index (χ0n) is 16.8. The number of nitrogens with zero attached hydrogens (tertiary/aromatic N) is 4. The number of rotatable bonds is 4. The minimum atomic E-state index is -0.167. The molecular formula is C22H27N5O2. The van der Waals surface area contributed by atoms with E-state index in [4.69, 9.17) is 0 Å². The van der Waals surface area contributed by atoms with Crippen LogP contribution >= 0.6 is 0 Å². The molecule has 29 heavy (non-hydrogen) atoms. The van der Waals surface area contributed by atoms with Gasteiger partial charge in [0.1, 0.15) is 5.82 Å². The second-order valence-corrected chi connectivity index (χ2v) is 7.59. The van der Waals surface area contributed by atoms with Crippen molar-refractivity contribution in [1.29, 1.82) is 0 Å². The van der Waals surface area contributed by atoms with Crippen LogP contribution in [0.4, 0.5) is 17.2 Å². The molecule has 2 amide bonds. The summed E-state index contributed by atoms with van der Waals surface area (Å²) >= 11 is 0. The smallest absolute Gasteiger partial charge is 0.257 e. The van der Waals surface area contributed by atoms with Crippen LogP contribution in [0.15, 0.2) is 42.6 Å². The van der Waals surface area contributed by atoms with Crippen LogP contribution in [0.1, 0.15) is 30.1 Å². The highest BCUT2D eigenvalue weighted by atomic mass is 16.2. The Morgan fingerprint density at radius 3 is 2.14 bits per heavy atom. The van der Waals surface area contributed by atoms with E-state index in [0.717, 1.165) is 37.7 Å². The van der Waals surface area contributed by atoms with E-state index in [1.54, 1.807) is 19.2 Å². The number of amides is 2. The number of hydrogen-bond acceptors (Lipinski definition) is 5. The van der Waals surface area contributed by atoms with Gasteiger partial charge >= 0.3 is 0 Å². The van der Waals surface area contributed by atoms with Crippen molar-refractivity contribution in [3.8, 4) is 0 Å². The van der Waals surface area contributed by atoms with E-state index in [2.05, 4.69) is 32.2 Å². The third-order valence-corrected chi connectivity index (χ3v) is 5.66. The molecule has 2 fully saturated rings. The number of hydrogen-bond donors (Lipinski definition) is 1. The highest BCUT2D eigenvalue weighted by Gasteiger charge is 2.20. The van der Waals surface area contributed by atoms with E-state index in [-0.39, 0.29) is 11.8 Å². The van der Waals surface area contributed by atoms with Crippen molar-refractivity contribution in [3.05, 3.63) is 48.2 Å². The number of benzene rings is 1. The number of carbonyl (C=O) groups is 2. The summed E-state index contributed by atoms with van der Waals surface area (Å²) in [5.41, 5.74) is 2.51. The Hall–Kier alpha value is -3.09. The fraction of sp³-hybridized carbons (Fsp3) is 0.409. The largest absolute Gasteiger partial charge is 0.372 e. The lowest BCUT2D eigenvalue weighted by Crippen LogP contribution is -2.48. The second kappa shape index (κ2) is 8.51. The van der Waals surface area contributed by atoms with Crippen molar-refractivity contribution in [2.75, 3.05) is 54.4 Å². The molecule has 0 saturated carbocycles. The molecule has 7 nitrogen and oxygen atoms in total. The quantitative estimate of drug-likeness (QED) is 0.865. The molecule has 2 aliphatic rings. The molecule has 0 spiro atoms. The van der Waals surface area contributed by atoms with Gasteiger partial charge < -0.3 is 20.0 Å². The Balaban J connectivity index is 1.34. The molecule has 2 saturated heterocycles. The third kappa shape index (κ3) is 4.50. The fourth-order valence-electron chi connectivity index (χ4n) is 3.89. The average molecular weight is 393 g/mol. The first-order valence-corrected chi connectivity index (χ1v) is 10.2. The molecule has 0 bridgehead atoms. The number of piperazine rings is 1. The van der Waals surface area contributed by atoms with Crippen LogP contribution in [0.2, 0.25) is 0 Å². The number of nitrogens with one attached hydrogen (secondary N) is 1. The molecular weight excluding hydrogens is 366 g/mol. The topological polar surface area (TPSA) is 68.8 Å². The average Bonchev–Trinajstić information content (AvgIpc) is 3.29. The molecule has 4 rings (SSSR count). The maximum absolute atomic E-state index is 12.5. The van der Waals surface area contributed by atoms with Crippen LogP contribution in [-0.2, 0) is 4.79 Å². The predicted octanol–water partition coefficient (Wildman–Crippen LogP) is 2.60. The van der Waals surface area contributed by atoms with E-state index in [9.17, 15) is 9.59 Å². The maximum atomic E-state index is 12.5. The van der Waals surface area contributed by atoms with Crippen LogP contribution in [0.5, 0.6) is 0 Å². The molecule has 152 valence electrons. The minimum Gasteiger partial charge on any atom is -0.372 e. The number of anilines is 3. The van der Waals surface area contributed by atoms with Crippen molar-refractivity contribution in [1.82, 2.24) is 9.88 Å². The third-order valence-electron chi connectivity index (χ3n) is 5.66. The number of pyridine rings is 1. The fourth-order valence-corrected chi connectivity index (χ4v) is 3.89. The first-order chi connectivity index (χ1) is 14.1. The first kappa shape index (κ1) is 19.2. The van der Waals surface area contributed by atoms with Crippen molar-refractivity contribution in [3.63, 3.8) is 0 Å². The van der Waals surface area contributed by atoms with E-state index in [1.807, 2.05) is 23.1 Å². The first-order valence-electron chi connectivity index (χ1n) is 10.2. The van der Waals surface area contributed by atoms with Gasteiger partial charge in [-0.15, -0.1) is 0 Å². The van der Waals surface area contributed by atoms with Crippen LogP contribution in [0.25, 0.3) is 0 Å². The van der Waals surface area contributed by atoms with Gasteiger partial charge in [0.25, 0.3) is 5.91 Å². The predicted molar refractivity (Wildman–Crippen MR) is 115 cm³/mol. The van der Waals surface area contributed by atoms with Gasteiger partial charge in [-0.25, -0.2) is 4.98 Å². The Labute approximate surface area is 171 Å². The molecule has 0 aliphatic carbocycles. The minimum absolute atomic E-state index is 0.109. The number of aromatic nitrogens is 1. The molecule has 3 heterocycles. The van der Waals surface area contributed by atoms with Crippen LogP contribution in [-0.4, -0.2) is 61.0 Å². The molecule has 1 aromatic heterocycles. The van der Waals surface area contributed by atoms with Crippen LogP contribution in [0, 0.1) is 0 Å². The van der Waals surface area contributed by atoms with Gasteiger partial charge in [0.2, 0.25) is 5.91 Å². The highest BCUT2D eigenvalue weighted by molar-refractivity contribution is 6.04. The molecule has 0 radical (unpaired) electrons. The zero-order chi connectivity index (χ0) is 20.2. The van der Waals surface area contributed by atoms with Crippen molar-refractivity contribution >= 4 is 29.0 Å². The molecule has 2 aliphatic heterocycles.